The fourth-order valence-electron chi connectivity index (χ4n) is 7.30. The summed E-state index contributed by atoms with van der Waals surface area (Å²) in [6.07, 6.45) is 15.1. The fourth-order valence-corrected chi connectivity index (χ4v) is 7.30. The third-order valence-electron chi connectivity index (χ3n) is 9.04. The molecule has 1 spiro atoms. The SMILES string of the molecule is C=CCN1C(=O)[C@H]2[C@@H](C(=O)N[C@@H]3CCCC[C@H]3C)[C@]3(C)C=C[C@]2(O3)[C@H]1C(=O)NC1CCCCC1. The molecule has 34 heavy (non-hydrogen) atoms. The summed E-state index contributed by atoms with van der Waals surface area (Å²) in [6, 6.07) is -0.549. The average molecular weight is 470 g/mol. The van der Waals surface area contributed by atoms with Crippen molar-refractivity contribution in [3.05, 3.63) is 24.8 Å². The Balaban J connectivity index is 1.43. The van der Waals surface area contributed by atoms with Crippen LogP contribution in [-0.4, -0.2) is 58.5 Å². The molecule has 2 saturated heterocycles. The van der Waals surface area contributed by atoms with Gasteiger partial charge in [-0.25, -0.2) is 0 Å². The van der Waals surface area contributed by atoms with Crippen LogP contribution >= 0.6 is 0 Å². The van der Waals surface area contributed by atoms with Crippen LogP contribution in [0.5, 0.6) is 0 Å². The van der Waals surface area contributed by atoms with Crippen LogP contribution in [0, 0.1) is 17.8 Å². The quantitative estimate of drug-likeness (QED) is 0.586. The van der Waals surface area contributed by atoms with Crippen molar-refractivity contribution in [2.24, 2.45) is 17.8 Å². The third-order valence-corrected chi connectivity index (χ3v) is 9.04. The molecule has 5 rings (SSSR count). The monoisotopic (exact) mass is 469 g/mol. The molecule has 7 heteroatoms. The van der Waals surface area contributed by atoms with Crippen LogP contribution < -0.4 is 10.6 Å². The van der Waals surface area contributed by atoms with Crippen LogP contribution in [-0.2, 0) is 19.1 Å². The van der Waals surface area contributed by atoms with Gasteiger partial charge in [-0.3, -0.25) is 14.4 Å². The molecule has 0 radical (unpaired) electrons. The Hall–Kier alpha value is -2.15. The number of carbonyl (C=O) groups excluding carboxylic acids is 3. The smallest absolute Gasteiger partial charge is 0.246 e. The Morgan fingerprint density at radius 2 is 1.79 bits per heavy atom. The molecule has 2 bridgehead atoms. The normalized spacial score (nSPS) is 41.4. The van der Waals surface area contributed by atoms with E-state index in [4.69, 9.17) is 4.74 Å². The second-order valence-corrected chi connectivity index (χ2v) is 11.3. The van der Waals surface area contributed by atoms with E-state index in [2.05, 4.69) is 24.1 Å². The van der Waals surface area contributed by atoms with E-state index in [-0.39, 0.29) is 36.3 Å². The Labute approximate surface area is 202 Å². The Kier molecular flexibility index (Phi) is 6.11. The average Bonchev–Trinajstić information content (AvgIpc) is 3.37. The first-order valence-corrected chi connectivity index (χ1v) is 13.2. The number of carbonyl (C=O) groups is 3. The van der Waals surface area contributed by atoms with Crippen molar-refractivity contribution in [3.8, 4) is 0 Å². The molecule has 5 aliphatic rings. The largest absolute Gasteiger partial charge is 0.356 e. The van der Waals surface area contributed by atoms with Gasteiger partial charge in [-0.15, -0.1) is 6.58 Å². The van der Waals surface area contributed by atoms with Gasteiger partial charge in [0.15, 0.2) is 0 Å². The first-order chi connectivity index (χ1) is 16.3. The molecular formula is C27H39N3O4. The van der Waals surface area contributed by atoms with Crippen molar-refractivity contribution in [1.82, 2.24) is 15.5 Å². The van der Waals surface area contributed by atoms with Crippen LogP contribution in [0.15, 0.2) is 24.8 Å². The van der Waals surface area contributed by atoms with Gasteiger partial charge in [-0.1, -0.05) is 57.3 Å². The summed E-state index contributed by atoms with van der Waals surface area (Å²) in [5, 5.41) is 6.47. The van der Waals surface area contributed by atoms with Crippen LogP contribution in [0.25, 0.3) is 0 Å². The summed E-state index contributed by atoms with van der Waals surface area (Å²) in [7, 11) is 0. The Bertz CT molecular complexity index is 896. The molecule has 2 aliphatic carbocycles. The third kappa shape index (κ3) is 3.62. The van der Waals surface area contributed by atoms with E-state index < -0.39 is 29.1 Å². The molecule has 7 nitrogen and oxygen atoms in total. The van der Waals surface area contributed by atoms with Gasteiger partial charge in [0, 0.05) is 18.6 Å². The topological polar surface area (TPSA) is 87.7 Å². The summed E-state index contributed by atoms with van der Waals surface area (Å²) in [4.78, 5) is 42.7. The molecule has 2 N–H and O–H groups in total. The molecule has 0 unspecified atom stereocenters. The number of nitrogens with zero attached hydrogens (tertiary/aromatic N) is 1. The van der Waals surface area contributed by atoms with Gasteiger partial charge in [-0.2, -0.15) is 0 Å². The molecule has 186 valence electrons. The summed E-state index contributed by atoms with van der Waals surface area (Å²) >= 11 is 0. The van der Waals surface area contributed by atoms with Crippen molar-refractivity contribution < 1.29 is 19.1 Å². The van der Waals surface area contributed by atoms with E-state index in [9.17, 15) is 14.4 Å². The fraction of sp³-hybridized carbons (Fsp3) is 0.741. The molecule has 0 aromatic heterocycles. The number of rotatable bonds is 6. The number of fused-ring (bicyclic) bond motifs is 1. The standard InChI is InChI=1S/C27H39N3O4/c1-4-16-30-22(24(32)28-18-11-6-5-7-12-18)27-15-14-26(3,34-27)20(21(27)25(30)33)23(31)29-19-13-9-8-10-17(19)2/h4,14-15,17-22H,1,5-13,16H2,2-3H3,(H,28,32)(H,29,31)/t17-,19-,20+,21-,22-,26+,27-/m1/s1. The van der Waals surface area contributed by atoms with Gasteiger partial charge in [0.2, 0.25) is 17.7 Å². The zero-order valence-electron chi connectivity index (χ0n) is 20.6. The van der Waals surface area contributed by atoms with Crippen LogP contribution in [0.1, 0.15) is 71.6 Å². The van der Waals surface area contributed by atoms with Crippen molar-refractivity contribution in [2.75, 3.05) is 6.54 Å². The van der Waals surface area contributed by atoms with Crippen LogP contribution in [0.4, 0.5) is 0 Å². The maximum Gasteiger partial charge on any atom is 0.246 e. The number of amides is 3. The van der Waals surface area contributed by atoms with E-state index >= 15 is 0 Å². The van der Waals surface area contributed by atoms with Crippen LogP contribution in [0.2, 0.25) is 0 Å². The van der Waals surface area contributed by atoms with E-state index in [1.54, 1.807) is 11.0 Å². The summed E-state index contributed by atoms with van der Waals surface area (Å²) < 4.78 is 6.56. The molecule has 3 aliphatic heterocycles. The minimum absolute atomic E-state index is 0.120. The minimum atomic E-state index is -1.12. The highest BCUT2D eigenvalue weighted by molar-refractivity contribution is 6.00. The highest BCUT2D eigenvalue weighted by Crippen LogP contribution is 2.59. The predicted molar refractivity (Wildman–Crippen MR) is 129 cm³/mol. The zero-order chi connectivity index (χ0) is 24.1. The molecular weight excluding hydrogens is 430 g/mol. The summed E-state index contributed by atoms with van der Waals surface area (Å²) in [5.74, 6) is -1.44. The van der Waals surface area contributed by atoms with Gasteiger partial charge >= 0.3 is 0 Å². The second kappa shape index (κ2) is 8.81. The molecule has 3 heterocycles. The molecule has 0 aromatic carbocycles. The zero-order valence-corrected chi connectivity index (χ0v) is 20.6. The molecule has 0 aromatic rings. The highest BCUT2D eigenvalue weighted by Gasteiger charge is 2.76. The molecule has 3 amide bonds. The van der Waals surface area contributed by atoms with Crippen molar-refractivity contribution in [1.29, 1.82) is 0 Å². The van der Waals surface area contributed by atoms with Gasteiger partial charge in [0.1, 0.15) is 11.6 Å². The Morgan fingerprint density at radius 1 is 1.09 bits per heavy atom. The van der Waals surface area contributed by atoms with Crippen molar-refractivity contribution in [3.63, 3.8) is 0 Å². The number of nitrogens with one attached hydrogen (secondary N) is 2. The lowest BCUT2D eigenvalue weighted by atomic mass is 9.70. The maximum absolute atomic E-state index is 13.8. The van der Waals surface area contributed by atoms with E-state index in [0.29, 0.717) is 5.92 Å². The van der Waals surface area contributed by atoms with E-state index in [1.165, 1.54) is 12.8 Å². The summed E-state index contributed by atoms with van der Waals surface area (Å²) in [5.41, 5.74) is -2.01. The highest BCUT2D eigenvalue weighted by atomic mass is 16.5. The summed E-state index contributed by atoms with van der Waals surface area (Å²) in [6.45, 7) is 8.13. The number of hydrogen-bond acceptors (Lipinski definition) is 4. The molecule has 7 atom stereocenters. The number of ether oxygens (including phenoxy) is 1. The lowest BCUT2D eigenvalue weighted by Crippen LogP contribution is -2.56. The minimum Gasteiger partial charge on any atom is -0.356 e. The lowest BCUT2D eigenvalue weighted by Gasteiger charge is -2.34. The maximum atomic E-state index is 13.8. The lowest BCUT2D eigenvalue weighted by molar-refractivity contribution is -0.145. The first-order valence-electron chi connectivity index (χ1n) is 13.2. The van der Waals surface area contributed by atoms with E-state index in [0.717, 1.165) is 44.9 Å². The van der Waals surface area contributed by atoms with Crippen molar-refractivity contribution in [2.45, 2.75) is 101 Å². The second-order valence-electron chi connectivity index (χ2n) is 11.3. The molecule has 4 fully saturated rings. The number of hydrogen-bond donors (Lipinski definition) is 2. The van der Waals surface area contributed by atoms with Gasteiger partial charge < -0.3 is 20.3 Å². The van der Waals surface area contributed by atoms with Gasteiger partial charge in [0.25, 0.3) is 0 Å². The molecule has 2 saturated carbocycles. The first kappa shape index (κ1) is 23.6. The van der Waals surface area contributed by atoms with Gasteiger partial charge in [0.05, 0.1) is 17.4 Å². The van der Waals surface area contributed by atoms with E-state index in [1.807, 2.05) is 19.1 Å². The van der Waals surface area contributed by atoms with Crippen molar-refractivity contribution >= 4 is 17.7 Å². The van der Waals surface area contributed by atoms with Crippen LogP contribution in [0.3, 0.4) is 0 Å². The predicted octanol–water partition coefficient (Wildman–Crippen LogP) is 2.86. The Morgan fingerprint density at radius 3 is 2.50 bits per heavy atom. The van der Waals surface area contributed by atoms with Gasteiger partial charge in [-0.05, 0) is 38.5 Å². The number of likely N-dealkylation sites (tertiary alicyclic amines) is 1.